The molecule has 0 unspecified atom stereocenters. The maximum atomic E-state index is 11.8. The molecule has 0 N–H and O–H groups in total. The lowest BCUT2D eigenvalue weighted by Crippen LogP contribution is -2.35. The smallest absolute Gasteiger partial charge is 0.246 e. The first-order valence-corrected chi connectivity index (χ1v) is 6.88. The van der Waals surface area contributed by atoms with Crippen LogP contribution < -0.4 is 4.74 Å². The van der Waals surface area contributed by atoms with E-state index in [4.69, 9.17) is 9.57 Å². The molecule has 1 aliphatic rings. The Morgan fingerprint density at radius 1 is 1.32 bits per heavy atom. The molecule has 1 aliphatic heterocycles. The van der Waals surface area contributed by atoms with Crippen molar-refractivity contribution in [2.75, 3.05) is 19.8 Å². The number of aryl methyl sites for hydroxylation is 1. The van der Waals surface area contributed by atoms with E-state index in [-0.39, 0.29) is 5.91 Å². The van der Waals surface area contributed by atoms with Crippen molar-refractivity contribution in [1.29, 1.82) is 0 Å². The molecular formula is C15H21NO3. The summed E-state index contributed by atoms with van der Waals surface area (Å²) in [4.78, 5) is 17.1. The highest BCUT2D eigenvalue weighted by molar-refractivity contribution is 5.75. The first-order valence-electron chi connectivity index (χ1n) is 6.88. The standard InChI is InChI=1S/C15H21NO3/c1-13-6-8-14(9-7-13)18-11-4-5-15(17)16-10-2-3-12-19-16/h6-9H,2-5,10-12H2,1H3. The van der Waals surface area contributed by atoms with E-state index < -0.39 is 0 Å². The van der Waals surface area contributed by atoms with Crippen molar-refractivity contribution < 1.29 is 14.4 Å². The first kappa shape index (κ1) is 13.9. The van der Waals surface area contributed by atoms with Crippen molar-refractivity contribution in [2.45, 2.75) is 32.6 Å². The molecule has 0 aliphatic carbocycles. The summed E-state index contributed by atoms with van der Waals surface area (Å²) < 4.78 is 5.59. The number of benzene rings is 1. The predicted molar refractivity (Wildman–Crippen MR) is 72.8 cm³/mol. The summed E-state index contributed by atoms with van der Waals surface area (Å²) in [7, 11) is 0. The van der Waals surface area contributed by atoms with Gasteiger partial charge in [0.2, 0.25) is 5.91 Å². The topological polar surface area (TPSA) is 38.8 Å². The Labute approximate surface area is 114 Å². The van der Waals surface area contributed by atoms with Gasteiger partial charge in [-0.2, -0.15) is 0 Å². The molecule has 0 radical (unpaired) electrons. The van der Waals surface area contributed by atoms with Crippen LogP contribution in [0.25, 0.3) is 0 Å². The van der Waals surface area contributed by atoms with Crippen molar-refractivity contribution in [2.24, 2.45) is 0 Å². The molecular weight excluding hydrogens is 242 g/mol. The van der Waals surface area contributed by atoms with Crippen LogP contribution in [0, 0.1) is 6.92 Å². The van der Waals surface area contributed by atoms with E-state index in [0.717, 1.165) is 25.1 Å². The van der Waals surface area contributed by atoms with Gasteiger partial charge in [-0.05, 0) is 38.3 Å². The van der Waals surface area contributed by atoms with Gasteiger partial charge in [-0.15, -0.1) is 0 Å². The summed E-state index contributed by atoms with van der Waals surface area (Å²) in [5.74, 6) is 0.916. The molecule has 104 valence electrons. The average molecular weight is 263 g/mol. The van der Waals surface area contributed by atoms with E-state index >= 15 is 0 Å². The highest BCUT2D eigenvalue weighted by atomic mass is 16.7. The largest absolute Gasteiger partial charge is 0.494 e. The Balaban J connectivity index is 1.63. The summed E-state index contributed by atoms with van der Waals surface area (Å²) in [5.41, 5.74) is 1.21. The summed E-state index contributed by atoms with van der Waals surface area (Å²) in [5, 5.41) is 1.50. The minimum absolute atomic E-state index is 0.0622. The van der Waals surface area contributed by atoms with E-state index in [1.54, 1.807) is 0 Å². The maximum absolute atomic E-state index is 11.8. The third-order valence-corrected chi connectivity index (χ3v) is 3.11. The number of ether oxygens (including phenoxy) is 1. The molecule has 1 saturated heterocycles. The normalized spacial score (nSPS) is 15.3. The lowest BCUT2D eigenvalue weighted by Gasteiger charge is -2.25. The van der Waals surface area contributed by atoms with Crippen LogP contribution in [-0.4, -0.2) is 30.7 Å². The molecule has 0 saturated carbocycles. The van der Waals surface area contributed by atoms with E-state index in [1.807, 2.05) is 31.2 Å². The van der Waals surface area contributed by atoms with Gasteiger partial charge < -0.3 is 4.74 Å². The molecule has 1 fully saturated rings. The second-order valence-electron chi connectivity index (χ2n) is 4.80. The zero-order valence-electron chi connectivity index (χ0n) is 11.4. The van der Waals surface area contributed by atoms with Crippen LogP contribution in [0.2, 0.25) is 0 Å². The Kier molecular flexibility index (Phi) is 5.21. The number of carbonyl (C=O) groups excluding carboxylic acids is 1. The van der Waals surface area contributed by atoms with Crippen LogP contribution >= 0.6 is 0 Å². The molecule has 4 heteroatoms. The fourth-order valence-electron chi connectivity index (χ4n) is 1.97. The molecule has 0 aromatic heterocycles. The van der Waals surface area contributed by atoms with Gasteiger partial charge in [0.25, 0.3) is 0 Å². The quantitative estimate of drug-likeness (QED) is 0.767. The van der Waals surface area contributed by atoms with Crippen LogP contribution in [0.15, 0.2) is 24.3 Å². The first-order chi connectivity index (χ1) is 9.25. The fourth-order valence-corrected chi connectivity index (χ4v) is 1.97. The van der Waals surface area contributed by atoms with Crippen molar-refractivity contribution in [3.63, 3.8) is 0 Å². The van der Waals surface area contributed by atoms with Crippen molar-refractivity contribution >= 4 is 5.91 Å². The van der Waals surface area contributed by atoms with Gasteiger partial charge in [0, 0.05) is 13.0 Å². The fraction of sp³-hybridized carbons (Fsp3) is 0.533. The van der Waals surface area contributed by atoms with Crippen LogP contribution in [-0.2, 0) is 9.63 Å². The second kappa shape index (κ2) is 7.14. The van der Waals surface area contributed by atoms with Crippen LogP contribution in [0.3, 0.4) is 0 Å². The Morgan fingerprint density at radius 3 is 2.79 bits per heavy atom. The molecule has 0 atom stereocenters. The van der Waals surface area contributed by atoms with E-state index in [9.17, 15) is 4.79 Å². The molecule has 4 nitrogen and oxygen atoms in total. The van der Waals surface area contributed by atoms with E-state index in [1.165, 1.54) is 10.6 Å². The summed E-state index contributed by atoms with van der Waals surface area (Å²) >= 11 is 0. The van der Waals surface area contributed by atoms with Crippen LogP contribution in [0.5, 0.6) is 5.75 Å². The average Bonchev–Trinajstić information content (AvgIpc) is 2.46. The van der Waals surface area contributed by atoms with Gasteiger partial charge in [0.1, 0.15) is 5.75 Å². The zero-order chi connectivity index (χ0) is 13.5. The predicted octanol–water partition coefficient (Wildman–Crippen LogP) is 2.71. The van der Waals surface area contributed by atoms with E-state index in [0.29, 0.717) is 26.1 Å². The number of hydrogen-bond acceptors (Lipinski definition) is 3. The monoisotopic (exact) mass is 263 g/mol. The number of rotatable bonds is 5. The SMILES string of the molecule is Cc1ccc(OCCCC(=O)N2CCCCO2)cc1. The molecule has 19 heavy (non-hydrogen) atoms. The summed E-state index contributed by atoms with van der Waals surface area (Å²) in [6.07, 6.45) is 3.27. The maximum Gasteiger partial charge on any atom is 0.246 e. The Morgan fingerprint density at radius 2 is 2.11 bits per heavy atom. The second-order valence-corrected chi connectivity index (χ2v) is 4.80. The number of carbonyl (C=O) groups is 1. The Bertz CT molecular complexity index is 396. The third kappa shape index (κ3) is 4.56. The van der Waals surface area contributed by atoms with Gasteiger partial charge in [0.15, 0.2) is 0 Å². The molecule has 1 amide bonds. The number of hydroxylamine groups is 2. The lowest BCUT2D eigenvalue weighted by molar-refractivity contribution is -0.197. The third-order valence-electron chi connectivity index (χ3n) is 3.11. The lowest BCUT2D eigenvalue weighted by atomic mass is 10.2. The van der Waals surface area contributed by atoms with Crippen LogP contribution in [0.1, 0.15) is 31.2 Å². The van der Waals surface area contributed by atoms with Crippen molar-refractivity contribution in [3.05, 3.63) is 29.8 Å². The highest BCUT2D eigenvalue weighted by Crippen LogP contribution is 2.12. The summed E-state index contributed by atoms with van der Waals surface area (Å²) in [6.45, 7) is 3.98. The minimum atomic E-state index is 0.0622. The van der Waals surface area contributed by atoms with Gasteiger partial charge in [-0.25, -0.2) is 5.06 Å². The number of hydrogen-bond donors (Lipinski definition) is 0. The van der Waals surface area contributed by atoms with E-state index in [2.05, 4.69) is 0 Å². The van der Waals surface area contributed by atoms with Crippen LogP contribution in [0.4, 0.5) is 0 Å². The molecule has 1 heterocycles. The van der Waals surface area contributed by atoms with Gasteiger partial charge in [0.05, 0.1) is 13.2 Å². The molecule has 2 rings (SSSR count). The molecule has 1 aromatic carbocycles. The molecule has 0 bridgehead atoms. The molecule has 0 spiro atoms. The molecule has 1 aromatic rings. The highest BCUT2D eigenvalue weighted by Gasteiger charge is 2.16. The Hall–Kier alpha value is -1.55. The van der Waals surface area contributed by atoms with Crippen molar-refractivity contribution in [3.8, 4) is 5.75 Å². The number of nitrogens with zero attached hydrogens (tertiary/aromatic N) is 1. The summed E-state index contributed by atoms with van der Waals surface area (Å²) in [6, 6.07) is 7.93. The van der Waals surface area contributed by atoms with Gasteiger partial charge in [-0.1, -0.05) is 17.7 Å². The number of amides is 1. The van der Waals surface area contributed by atoms with Gasteiger partial charge >= 0.3 is 0 Å². The van der Waals surface area contributed by atoms with Crippen molar-refractivity contribution in [1.82, 2.24) is 5.06 Å². The van der Waals surface area contributed by atoms with Gasteiger partial charge in [-0.3, -0.25) is 9.63 Å². The zero-order valence-corrected chi connectivity index (χ0v) is 11.4. The minimum Gasteiger partial charge on any atom is -0.494 e.